The van der Waals surface area contributed by atoms with Crippen molar-refractivity contribution < 1.29 is 14.4 Å². The summed E-state index contributed by atoms with van der Waals surface area (Å²) in [6.45, 7) is 2.39. The number of imide groups is 1. The van der Waals surface area contributed by atoms with Gasteiger partial charge in [0.15, 0.2) is 0 Å². The lowest BCUT2D eigenvalue weighted by atomic mass is 10.0. The molecule has 2 rings (SSSR count). The van der Waals surface area contributed by atoms with Crippen LogP contribution in [-0.2, 0) is 9.59 Å². The predicted molar refractivity (Wildman–Crippen MR) is 87.6 cm³/mol. The van der Waals surface area contributed by atoms with Gasteiger partial charge in [-0.15, -0.1) is 0 Å². The Labute approximate surface area is 144 Å². The predicted octanol–water partition coefficient (Wildman–Crippen LogP) is 2.16. The van der Waals surface area contributed by atoms with Gasteiger partial charge in [0.2, 0.25) is 11.8 Å². The van der Waals surface area contributed by atoms with E-state index in [9.17, 15) is 14.4 Å². The Balaban J connectivity index is 1.87. The molecule has 0 aliphatic carbocycles. The summed E-state index contributed by atoms with van der Waals surface area (Å²) in [5.74, 6) is -0.699. The number of urea groups is 1. The average Bonchev–Trinajstić information content (AvgIpc) is 2.48. The van der Waals surface area contributed by atoms with Gasteiger partial charge in [0, 0.05) is 35.5 Å². The van der Waals surface area contributed by atoms with E-state index in [4.69, 9.17) is 23.2 Å². The van der Waals surface area contributed by atoms with Crippen molar-refractivity contribution in [1.82, 2.24) is 15.5 Å². The normalized spacial score (nSPS) is 16.0. The molecule has 6 nitrogen and oxygen atoms in total. The molecule has 1 atom stereocenters. The molecule has 8 heteroatoms. The average molecular weight is 358 g/mol. The van der Waals surface area contributed by atoms with Crippen LogP contribution in [0.4, 0.5) is 4.79 Å². The second kappa shape index (κ2) is 7.66. The van der Waals surface area contributed by atoms with Crippen LogP contribution in [0.3, 0.4) is 0 Å². The number of carbonyl (C=O) groups is 3. The van der Waals surface area contributed by atoms with Crippen molar-refractivity contribution in [3.05, 3.63) is 33.8 Å². The minimum atomic E-state index is -0.543. The zero-order valence-electron chi connectivity index (χ0n) is 12.6. The van der Waals surface area contributed by atoms with Gasteiger partial charge in [-0.05, 0) is 17.7 Å². The number of hydrogen-bond acceptors (Lipinski definition) is 3. The first-order valence-corrected chi connectivity index (χ1v) is 7.93. The van der Waals surface area contributed by atoms with Crippen molar-refractivity contribution >= 4 is 41.0 Å². The summed E-state index contributed by atoms with van der Waals surface area (Å²) >= 11 is 12.3. The molecule has 0 radical (unpaired) electrons. The SMILES string of the molecule is CC(CNC(=O)CN1CCC(=O)NC1=O)c1c(Cl)cccc1Cl. The molecule has 1 unspecified atom stereocenters. The first kappa shape index (κ1) is 17.6. The number of halogens is 2. The summed E-state index contributed by atoms with van der Waals surface area (Å²) in [6, 6.07) is 4.71. The molecule has 1 aromatic rings. The maximum Gasteiger partial charge on any atom is 0.324 e. The Hall–Kier alpha value is -1.79. The number of hydrogen-bond donors (Lipinski definition) is 2. The highest BCUT2D eigenvalue weighted by atomic mass is 35.5. The molecule has 2 N–H and O–H groups in total. The zero-order valence-corrected chi connectivity index (χ0v) is 14.1. The Morgan fingerprint density at radius 3 is 2.61 bits per heavy atom. The van der Waals surface area contributed by atoms with Gasteiger partial charge in [-0.1, -0.05) is 36.2 Å². The van der Waals surface area contributed by atoms with Crippen molar-refractivity contribution in [2.24, 2.45) is 0 Å². The molecule has 124 valence electrons. The van der Waals surface area contributed by atoms with Gasteiger partial charge in [-0.25, -0.2) is 4.79 Å². The van der Waals surface area contributed by atoms with Crippen molar-refractivity contribution in [2.45, 2.75) is 19.3 Å². The van der Waals surface area contributed by atoms with E-state index in [1.807, 2.05) is 6.92 Å². The van der Waals surface area contributed by atoms with E-state index in [-0.39, 0.29) is 37.2 Å². The third kappa shape index (κ3) is 4.59. The molecule has 1 aliphatic rings. The number of nitrogens with zero attached hydrogens (tertiary/aromatic N) is 1. The van der Waals surface area contributed by atoms with Gasteiger partial charge < -0.3 is 10.2 Å². The number of benzene rings is 1. The molecule has 0 saturated carbocycles. The molecule has 4 amide bonds. The van der Waals surface area contributed by atoms with Crippen LogP contribution in [0.5, 0.6) is 0 Å². The Kier molecular flexibility index (Phi) is 5.85. The second-order valence-corrected chi connectivity index (χ2v) is 6.18. The molecule has 1 fully saturated rings. The first-order valence-electron chi connectivity index (χ1n) is 7.18. The monoisotopic (exact) mass is 357 g/mol. The zero-order chi connectivity index (χ0) is 17.0. The van der Waals surface area contributed by atoms with E-state index >= 15 is 0 Å². The lowest BCUT2D eigenvalue weighted by Gasteiger charge is -2.26. The highest BCUT2D eigenvalue weighted by Crippen LogP contribution is 2.30. The van der Waals surface area contributed by atoms with Crippen LogP contribution in [0.25, 0.3) is 0 Å². The van der Waals surface area contributed by atoms with E-state index < -0.39 is 6.03 Å². The highest BCUT2D eigenvalue weighted by Gasteiger charge is 2.24. The van der Waals surface area contributed by atoms with E-state index in [1.165, 1.54) is 4.90 Å². The lowest BCUT2D eigenvalue weighted by molar-refractivity contribution is -0.125. The van der Waals surface area contributed by atoms with Gasteiger partial charge in [0.25, 0.3) is 0 Å². The molecule has 23 heavy (non-hydrogen) atoms. The minimum Gasteiger partial charge on any atom is -0.354 e. The summed E-state index contributed by atoms with van der Waals surface area (Å²) in [5.41, 5.74) is 0.775. The summed E-state index contributed by atoms with van der Waals surface area (Å²) in [4.78, 5) is 35.9. The Morgan fingerprint density at radius 1 is 1.35 bits per heavy atom. The van der Waals surface area contributed by atoms with Gasteiger partial charge in [0.1, 0.15) is 6.54 Å². The molecule has 1 aliphatic heterocycles. The lowest BCUT2D eigenvalue weighted by Crippen LogP contribution is -2.52. The van der Waals surface area contributed by atoms with Gasteiger partial charge in [-0.3, -0.25) is 14.9 Å². The summed E-state index contributed by atoms with van der Waals surface area (Å²) < 4.78 is 0. The number of nitrogens with one attached hydrogen (secondary N) is 2. The molecule has 0 aromatic heterocycles. The third-order valence-corrected chi connectivity index (χ3v) is 4.23. The van der Waals surface area contributed by atoms with Crippen LogP contribution in [0.2, 0.25) is 10.0 Å². The van der Waals surface area contributed by atoms with Gasteiger partial charge in [0.05, 0.1) is 0 Å². The minimum absolute atomic E-state index is 0.0723. The van der Waals surface area contributed by atoms with Crippen molar-refractivity contribution in [3.63, 3.8) is 0 Å². The smallest absolute Gasteiger partial charge is 0.324 e. The standard InChI is InChI=1S/C15H17Cl2N3O3/c1-9(14-10(16)3-2-4-11(14)17)7-18-13(22)8-20-6-5-12(21)19-15(20)23/h2-4,9H,5-8H2,1H3,(H,18,22)(H,19,21,23). The first-order chi connectivity index (χ1) is 10.9. The van der Waals surface area contributed by atoms with E-state index in [1.54, 1.807) is 18.2 Å². The largest absolute Gasteiger partial charge is 0.354 e. The molecule has 0 spiro atoms. The molecule has 1 heterocycles. The maximum atomic E-state index is 12.0. The van der Waals surface area contributed by atoms with Gasteiger partial charge >= 0.3 is 6.03 Å². The van der Waals surface area contributed by atoms with Crippen molar-refractivity contribution in [3.8, 4) is 0 Å². The van der Waals surface area contributed by atoms with Crippen LogP contribution in [-0.4, -0.2) is 42.4 Å². The Bertz CT molecular complexity index is 616. The Morgan fingerprint density at radius 2 is 2.00 bits per heavy atom. The molecular weight excluding hydrogens is 341 g/mol. The fourth-order valence-corrected chi connectivity index (χ4v) is 3.10. The number of rotatable bonds is 5. The van der Waals surface area contributed by atoms with Crippen LogP contribution in [0.15, 0.2) is 18.2 Å². The molecule has 1 saturated heterocycles. The van der Waals surface area contributed by atoms with Gasteiger partial charge in [-0.2, -0.15) is 0 Å². The van der Waals surface area contributed by atoms with Crippen LogP contribution < -0.4 is 10.6 Å². The summed E-state index contributed by atoms with van der Waals surface area (Å²) in [6.07, 6.45) is 0.199. The van der Waals surface area contributed by atoms with E-state index in [0.717, 1.165) is 5.56 Å². The summed E-state index contributed by atoms with van der Waals surface area (Å²) in [7, 11) is 0. The van der Waals surface area contributed by atoms with E-state index in [2.05, 4.69) is 10.6 Å². The quantitative estimate of drug-likeness (QED) is 0.847. The molecule has 1 aromatic carbocycles. The number of carbonyl (C=O) groups excluding carboxylic acids is 3. The topological polar surface area (TPSA) is 78.5 Å². The third-order valence-electron chi connectivity index (χ3n) is 3.57. The van der Waals surface area contributed by atoms with Crippen molar-refractivity contribution in [1.29, 1.82) is 0 Å². The highest BCUT2D eigenvalue weighted by molar-refractivity contribution is 6.36. The maximum absolute atomic E-state index is 12.0. The number of amides is 4. The second-order valence-electron chi connectivity index (χ2n) is 5.37. The fraction of sp³-hybridized carbons (Fsp3) is 0.400. The molecule has 0 bridgehead atoms. The summed E-state index contributed by atoms with van der Waals surface area (Å²) in [5, 5.41) is 6.02. The molecular formula is C15H17Cl2N3O3. The van der Waals surface area contributed by atoms with Crippen LogP contribution in [0, 0.1) is 0 Å². The van der Waals surface area contributed by atoms with Crippen LogP contribution in [0.1, 0.15) is 24.8 Å². The fourth-order valence-electron chi connectivity index (χ4n) is 2.33. The van der Waals surface area contributed by atoms with E-state index in [0.29, 0.717) is 16.6 Å². The van der Waals surface area contributed by atoms with Crippen molar-refractivity contribution in [2.75, 3.05) is 19.6 Å². The van der Waals surface area contributed by atoms with Crippen LogP contribution >= 0.6 is 23.2 Å².